The standard InChI is InChI=1S/C18H19FN4OS/c1-12-16(17(24)22-9-7-21(2)8-10-22)25-18-20-15(11-23(12)18)13-3-5-14(19)6-4-13/h3-6,11H,7-10H2,1-2H3. The van der Waals surface area contributed by atoms with Crippen LogP contribution in [0.15, 0.2) is 30.5 Å². The van der Waals surface area contributed by atoms with E-state index in [1.165, 1.54) is 23.5 Å². The average molecular weight is 358 g/mol. The quantitative estimate of drug-likeness (QED) is 0.707. The molecule has 4 rings (SSSR count). The highest BCUT2D eigenvalue weighted by Gasteiger charge is 2.25. The molecule has 0 unspecified atom stereocenters. The Balaban J connectivity index is 1.64. The van der Waals surface area contributed by atoms with Crippen molar-refractivity contribution in [3.8, 4) is 11.3 Å². The number of carbonyl (C=O) groups excluding carboxylic acids is 1. The molecule has 7 heteroatoms. The molecule has 3 aromatic rings. The van der Waals surface area contributed by atoms with E-state index in [1.807, 2.05) is 22.4 Å². The maximum Gasteiger partial charge on any atom is 0.265 e. The number of hydrogen-bond donors (Lipinski definition) is 0. The second-order valence-corrected chi connectivity index (χ2v) is 7.38. The molecule has 0 saturated carbocycles. The van der Waals surface area contributed by atoms with Crippen LogP contribution in [0, 0.1) is 12.7 Å². The van der Waals surface area contributed by atoms with Crippen molar-refractivity contribution in [3.63, 3.8) is 0 Å². The number of imidazole rings is 1. The van der Waals surface area contributed by atoms with Gasteiger partial charge in [-0.05, 0) is 38.2 Å². The lowest BCUT2D eigenvalue weighted by atomic mass is 10.2. The number of likely N-dealkylation sites (N-methyl/N-ethyl adjacent to an activating group) is 1. The summed E-state index contributed by atoms with van der Waals surface area (Å²) in [5.41, 5.74) is 2.56. The first-order valence-electron chi connectivity index (χ1n) is 8.25. The van der Waals surface area contributed by atoms with Gasteiger partial charge in [-0.25, -0.2) is 9.37 Å². The smallest absolute Gasteiger partial charge is 0.265 e. The van der Waals surface area contributed by atoms with E-state index in [4.69, 9.17) is 0 Å². The molecule has 1 aromatic carbocycles. The predicted molar refractivity (Wildman–Crippen MR) is 96.6 cm³/mol. The molecule has 0 N–H and O–H groups in total. The second-order valence-electron chi connectivity index (χ2n) is 6.40. The summed E-state index contributed by atoms with van der Waals surface area (Å²) in [7, 11) is 2.07. The van der Waals surface area contributed by atoms with Crippen molar-refractivity contribution in [3.05, 3.63) is 46.9 Å². The number of rotatable bonds is 2. The van der Waals surface area contributed by atoms with Gasteiger partial charge in [-0.3, -0.25) is 9.20 Å². The molecule has 0 aliphatic carbocycles. The number of thiazole rings is 1. The third kappa shape index (κ3) is 2.94. The van der Waals surface area contributed by atoms with Crippen LogP contribution in [0.2, 0.25) is 0 Å². The van der Waals surface area contributed by atoms with Gasteiger partial charge in [-0.2, -0.15) is 0 Å². The van der Waals surface area contributed by atoms with E-state index < -0.39 is 0 Å². The van der Waals surface area contributed by atoms with E-state index in [0.29, 0.717) is 0 Å². The van der Waals surface area contributed by atoms with Crippen LogP contribution in [0.25, 0.3) is 16.2 Å². The summed E-state index contributed by atoms with van der Waals surface area (Å²) >= 11 is 1.42. The van der Waals surface area contributed by atoms with Gasteiger partial charge in [-0.1, -0.05) is 11.3 Å². The monoisotopic (exact) mass is 358 g/mol. The lowest BCUT2D eigenvalue weighted by molar-refractivity contribution is 0.0668. The van der Waals surface area contributed by atoms with Crippen molar-refractivity contribution in [1.82, 2.24) is 19.2 Å². The normalized spacial score (nSPS) is 15.9. The van der Waals surface area contributed by atoms with Gasteiger partial charge >= 0.3 is 0 Å². The van der Waals surface area contributed by atoms with Gasteiger partial charge in [0.2, 0.25) is 0 Å². The van der Waals surface area contributed by atoms with Crippen LogP contribution in [0.3, 0.4) is 0 Å². The van der Waals surface area contributed by atoms with E-state index in [0.717, 1.165) is 53.0 Å². The summed E-state index contributed by atoms with van der Waals surface area (Å²) in [4.78, 5) is 23.1. The summed E-state index contributed by atoms with van der Waals surface area (Å²) in [5.74, 6) is -0.176. The highest BCUT2D eigenvalue weighted by Crippen LogP contribution is 2.28. The predicted octanol–water partition coefficient (Wildman–Crippen LogP) is 2.90. The van der Waals surface area contributed by atoms with E-state index >= 15 is 0 Å². The maximum absolute atomic E-state index is 13.1. The number of carbonyl (C=O) groups is 1. The fraction of sp³-hybridized carbons (Fsp3) is 0.333. The van der Waals surface area contributed by atoms with Crippen molar-refractivity contribution in [2.75, 3.05) is 33.2 Å². The molecular weight excluding hydrogens is 339 g/mol. The van der Waals surface area contributed by atoms with Gasteiger partial charge in [0.15, 0.2) is 4.96 Å². The molecule has 0 spiro atoms. The van der Waals surface area contributed by atoms with Crippen LogP contribution in [0.5, 0.6) is 0 Å². The molecule has 3 heterocycles. The maximum atomic E-state index is 13.1. The fourth-order valence-electron chi connectivity index (χ4n) is 3.06. The lowest BCUT2D eigenvalue weighted by Crippen LogP contribution is -2.47. The highest BCUT2D eigenvalue weighted by atomic mass is 32.1. The Hall–Kier alpha value is -2.25. The van der Waals surface area contributed by atoms with Gasteiger partial charge in [0, 0.05) is 43.6 Å². The van der Waals surface area contributed by atoms with Crippen molar-refractivity contribution >= 4 is 22.2 Å². The minimum Gasteiger partial charge on any atom is -0.335 e. The van der Waals surface area contributed by atoms with Gasteiger partial charge in [0.05, 0.1) is 5.69 Å². The molecule has 1 fully saturated rings. The van der Waals surface area contributed by atoms with E-state index in [1.54, 1.807) is 12.1 Å². The summed E-state index contributed by atoms with van der Waals surface area (Å²) in [5, 5.41) is 0. The molecule has 1 amide bonds. The van der Waals surface area contributed by atoms with Crippen LogP contribution in [-0.2, 0) is 0 Å². The zero-order valence-electron chi connectivity index (χ0n) is 14.2. The average Bonchev–Trinajstić information content (AvgIpc) is 3.15. The van der Waals surface area contributed by atoms with E-state index in [2.05, 4.69) is 16.9 Å². The van der Waals surface area contributed by atoms with Crippen LogP contribution < -0.4 is 0 Å². The fourth-order valence-corrected chi connectivity index (χ4v) is 4.14. The Morgan fingerprint density at radius 3 is 2.48 bits per heavy atom. The first kappa shape index (κ1) is 16.2. The van der Waals surface area contributed by atoms with Crippen molar-refractivity contribution in [2.45, 2.75) is 6.92 Å². The number of nitrogens with zero attached hydrogens (tertiary/aromatic N) is 4. The van der Waals surface area contributed by atoms with Crippen molar-refractivity contribution in [2.24, 2.45) is 0 Å². The minimum absolute atomic E-state index is 0.0874. The Bertz CT molecular complexity index is 923. The topological polar surface area (TPSA) is 40.9 Å². The molecule has 25 heavy (non-hydrogen) atoms. The molecule has 0 radical (unpaired) electrons. The summed E-state index contributed by atoms with van der Waals surface area (Å²) in [6.45, 7) is 5.28. The van der Waals surface area contributed by atoms with Crippen LogP contribution in [-0.4, -0.2) is 58.3 Å². The summed E-state index contributed by atoms with van der Waals surface area (Å²) < 4.78 is 15.0. The largest absolute Gasteiger partial charge is 0.335 e. The molecule has 0 bridgehead atoms. The van der Waals surface area contributed by atoms with E-state index in [-0.39, 0.29) is 11.7 Å². The Kier molecular flexibility index (Phi) is 4.05. The zero-order valence-corrected chi connectivity index (χ0v) is 15.0. The van der Waals surface area contributed by atoms with Gasteiger partial charge in [0.1, 0.15) is 10.7 Å². The first-order valence-corrected chi connectivity index (χ1v) is 9.07. The van der Waals surface area contributed by atoms with Crippen molar-refractivity contribution < 1.29 is 9.18 Å². The number of amides is 1. The zero-order chi connectivity index (χ0) is 17.6. The second kappa shape index (κ2) is 6.24. The first-order chi connectivity index (χ1) is 12.0. The lowest BCUT2D eigenvalue weighted by Gasteiger charge is -2.32. The molecule has 1 aliphatic heterocycles. The molecule has 1 aliphatic rings. The third-order valence-electron chi connectivity index (χ3n) is 4.68. The molecular formula is C18H19FN4OS. The van der Waals surface area contributed by atoms with Crippen LogP contribution in [0.4, 0.5) is 4.39 Å². The number of aryl methyl sites for hydroxylation is 1. The van der Waals surface area contributed by atoms with E-state index in [9.17, 15) is 9.18 Å². The number of hydrogen-bond acceptors (Lipinski definition) is 4. The van der Waals surface area contributed by atoms with Gasteiger partial charge in [-0.15, -0.1) is 0 Å². The SMILES string of the molecule is Cc1c(C(=O)N2CCN(C)CC2)sc2nc(-c3ccc(F)cc3)cn12. The molecule has 2 aromatic heterocycles. The number of halogens is 1. The third-order valence-corrected chi connectivity index (χ3v) is 5.83. The molecule has 130 valence electrons. The number of benzene rings is 1. The highest BCUT2D eigenvalue weighted by molar-refractivity contribution is 7.19. The van der Waals surface area contributed by atoms with Crippen molar-refractivity contribution in [1.29, 1.82) is 0 Å². The van der Waals surface area contributed by atoms with Gasteiger partial charge in [0.25, 0.3) is 5.91 Å². The molecule has 1 saturated heterocycles. The Morgan fingerprint density at radius 1 is 1.16 bits per heavy atom. The van der Waals surface area contributed by atoms with Gasteiger partial charge < -0.3 is 9.80 Å². The Labute approximate surface area is 149 Å². The molecule has 5 nitrogen and oxygen atoms in total. The molecule has 0 atom stereocenters. The van der Waals surface area contributed by atoms with Crippen LogP contribution >= 0.6 is 11.3 Å². The number of aromatic nitrogens is 2. The summed E-state index contributed by atoms with van der Waals surface area (Å²) in [6, 6.07) is 6.29. The number of piperazine rings is 1. The summed E-state index contributed by atoms with van der Waals surface area (Å²) in [6.07, 6.45) is 1.91. The Morgan fingerprint density at radius 2 is 1.84 bits per heavy atom. The minimum atomic E-state index is -0.263. The van der Waals surface area contributed by atoms with Crippen LogP contribution in [0.1, 0.15) is 15.4 Å². The number of fused-ring (bicyclic) bond motifs is 1.